The van der Waals surface area contributed by atoms with Crippen molar-refractivity contribution in [3.63, 3.8) is 0 Å². The van der Waals surface area contributed by atoms with Gasteiger partial charge in [-0.15, -0.1) is 10.2 Å². The molecule has 17 heteroatoms. The third kappa shape index (κ3) is 7.38. The highest BCUT2D eigenvalue weighted by Gasteiger charge is 2.61. The van der Waals surface area contributed by atoms with Crippen molar-refractivity contribution >= 4 is 58.1 Å². The molecule has 290 valence electrons. The largest absolute Gasteiger partial charge is 0.495 e. The number of carbonyl (C=O) groups excluding carboxylic acids is 3. The van der Waals surface area contributed by atoms with Gasteiger partial charge in [-0.2, -0.15) is 0 Å². The normalized spacial score (nSPS) is 27.6. The SMILES string of the molecule is CC[C@@H]1C[C@]1(NC(=O)[C@@H]1C[C@@H](Oc2cc(Sc3nncn3C)nc3c(Cl)c(OC)ccc23)CN1C(=O)[C@@H](NC(=O)OC1C[C@@H]2C[C@@H]2C1)C(C)(C)C)C(=O)O. The highest BCUT2D eigenvalue weighted by atomic mass is 35.5. The smallest absolute Gasteiger partial charge is 0.408 e. The summed E-state index contributed by atoms with van der Waals surface area (Å²) in [6.07, 6.45) is 3.72. The molecule has 4 fully saturated rings. The molecule has 2 aromatic heterocycles. The highest BCUT2D eigenvalue weighted by molar-refractivity contribution is 7.99. The second-order valence-electron chi connectivity index (χ2n) is 16.0. The lowest BCUT2D eigenvalue weighted by Crippen LogP contribution is -2.59. The molecular formula is C37H46ClN7O8S. The third-order valence-corrected chi connectivity index (χ3v) is 12.6. The van der Waals surface area contributed by atoms with Crippen molar-refractivity contribution in [1.82, 2.24) is 35.3 Å². The number of carboxylic acid groups (broad SMARTS) is 1. The molecule has 4 aliphatic rings. The summed E-state index contributed by atoms with van der Waals surface area (Å²) in [5, 5.41) is 25.7. The molecule has 1 saturated heterocycles. The zero-order chi connectivity index (χ0) is 38.7. The first-order valence-corrected chi connectivity index (χ1v) is 19.5. The minimum atomic E-state index is -1.41. The summed E-state index contributed by atoms with van der Waals surface area (Å²) in [6, 6.07) is 3.06. The van der Waals surface area contributed by atoms with Gasteiger partial charge in [-0.05, 0) is 72.7 Å². The monoisotopic (exact) mass is 783 g/mol. The van der Waals surface area contributed by atoms with Crippen molar-refractivity contribution in [3.05, 3.63) is 29.5 Å². The molecule has 0 spiro atoms. The van der Waals surface area contributed by atoms with Crippen LogP contribution in [0.25, 0.3) is 10.9 Å². The number of nitrogens with zero attached hydrogens (tertiary/aromatic N) is 5. The van der Waals surface area contributed by atoms with Crippen molar-refractivity contribution in [2.24, 2.45) is 30.2 Å². The van der Waals surface area contributed by atoms with Crippen molar-refractivity contribution in [2.75, 3.05) is 13.7 Å². The predicted molar refractivity (Wildman–Crippen MR) is 197 cm³/mol. The molecule has 8 atom stereocenters. The van der Waals surface area contributed by atoms with E-state index in [4.69, 9.17) is 30.8 Å². The molecule has 1 unspecified atom stereocenters. The number of halogens is 1. The molecule has 15 nitrogen and oxygen atoms in total. The van der Waals surface area contributed by atoms with Gasteiger partial charge < -0.3 is 39.4 Å². The number of nitrogens with one attached hydrogen (secondary N) is 2. The second-order valence-corrected chi connectivity index (χ2v) is 17.4. The topological polar surface area (TPSA) is 187 Å². The Bertz CT molecular complexity index is 1980. The fraction of sp³-hybridized carbons (Fsp3) is 0.595. The molecule has 7 rings (SSSR count). The van der Waals surface area contributed by atoms with E-state index in [1.165, 1.54) is 30.2 Å². The van der Waals surface area contributed by atoms with Crippen LogP contribution in [0.3, 0.4) is 0 Å². The van der Waals surface area contributed by atoms with E-state index in [2.05, 4.69) is 20.8 Å². The number of likely N-dealkylation sites (tertiary alicyclic amines) is 1. The number of benzene rings is 1. The zero-order valence-electron chi connectivity index (χ0n) is 31.1. The Morgan fingerprint density at radius 3 is 2.46 bits per heavy atom. The van der Waals surface area contributed by atoms with Crippen LogP contribution in [-0.4, -0.2) is 97.1 Å². The summed E-state index contributed by atoms with van der Waals surface area (Å²) < 4.78 is 19.6. The van der Waals surface area contributed by atoms with Gasteiger partial charge in [0.2, 0.25) is 11.8 Å². The molecule has 3 saturated carbocycles. The summed E-state index contributed by atoms with van der Waals surface area (Å²) in [5.41, 5.74) is -1.77. The van der Waals surface area contributed by atoms with Crippen molar-refractivity contribution in [2.45, 2.75) is 106 Å². The van der Waals surface area contributed by atoms with E-state index in [9.17, 15) is 24.3 Å². The van der Waals surface area contributed by atoms with E-state index in [0.717, 1.165) is 12.8 Å². The number of aryl methyl sites for hydroxylation is 1. The van der Waals surface area contributed by atoms with E-state index >= 15 is 0 Å². The molecule has 54 heavy (non-hydrogen) atoms. The van der Waals surface area contributed by atoms with E-state index in [-0.39, 0.29) is 30.0 Å². The maximum atomic E-state index is 14.6. The number of fused-ring (bicyclic) bond motifs is 2. The Labute approximate surface area is 322 Å². The average Bonchev–Trinajstić information content (AvgIpc) is 3.82. The van der Waals surface area contributed by atoms with Crippen LogP contribution in [0.4, 0.5) is 4.79 Å². The summed E-state index contributed by atoms with van der Waals surface area (Å²) in [4.78, 5) is 60.5. The van der Waals surface area contributed by atoms with E-state index in [0.29, 0.717) is 57.3 Å². The third-order valence-electron chi connectivity index (χ3n) is 11.2. The minimum Gasteiger partial charge on any atom is -0.495 e. The van der Waals surface area contributed by atoms with Crippen molar-refractivity contribution in [3.8, 4) is 11.5 Å². The van der Waals surface area contributed by atoms with Crippen molar-refractivity contribution in [1.29, 1.82) is 0 Å². The number of hydrogen-bond donors (Lipinski definition) is 3. The number of carboxylic acids is 1. The van der Waals surface area contributed by atoms with Gasteiger partial charge in [0, 0.05) is 24.9 Å². The van der Waals surface area contributed by atoms with Gasteiger partial charge >= 0.3 is 12.1 Å². The summed E-state index contributed by atoms with van der Waals surface area (Å²) in [5.74, 6) is -0.423. The fourth-order valence-corrected chi connectivity index (χ4v) is 9.03. The molecular weight excluding hydrogens is 738 g/mol. The van der Waals surface area contributed by atoms with Gasteiger partial charge in [-0.25, -0.2) is 14.6 Å². The molecule has 1 aliphatic heterocycles. The number of amides is 3. The molecule has 3 aliphatic carbocycles. The predicted octanol–water partition coefficient (Wildman–Crippen LogP) is 4.83. The maximum Gasteiger partial charge on any atom is 0.408 e. The fourth-order valence-electron chi connectivity index (χ4n) is 7.97. The average molecular weight is 784 g/mol. The van der Waals surface area contributed by atoms with Gasteiger partial charge in [0.25, 0.3) is 0 Å². The standard InChI is InChI=1S/C37H46ClN7O8S/c1-7-20-15-37(20,33(48)49)42-31(46)24-13-22(16-45(24)32(47)30(36(2,3)4)41-35(50)53-21-11-18-10-19(18)12-21)52-26-14-27(54-34-43-39-17-44(34)5)40-29-23(26)8-9-25(51-6)28(29)38/h8-9,14,17-22,24,30H,7,10-13,15-16H2,1-6H3,(H,41,50)(H,42,46)(H,48,49)/t18-,19+,20-,21?,22-,24+,30-,37-/m1/s1. The first-order valence-electron chi connectivity index (χ1n) is 18.3. The highest BCUT2D eigenvalue weighted by Crippen LogP contribution is 2.52. The first kappa shape index (κ1) is 38.0. The van der Waals surface area contributed by atoms with Crippen LogP contribution in [0.2, 0.25) is 5.02 Å². The molecule has 3 amide bonds. The maximum absolute atomic E-state index is 14.6. The summed E-state index contributed by atoms with van der Waals surface area (Å²) in [6.45, 7) is 7.33. The molecule has 3 aromatic rings. The second kappa shape index (κ2) is 14.4. The van der Waals surface area contributed by atoms with Crippen LogP contribution in [-0.2, 0) is 26.2 Å². The van der Waals surface area contributed by atoms with Gasteiger partial charge in [0.05, 0.1) is 19.2 Å². The quantitative estimate of drug-likeness (QED) is 0.227. The Balaban J connectivity index is 1.19. The Hall–Kier alpha value is -4.31. The number of ether oxygens (including phenoxy) is 3. The van der Waals surface area contributed by atoms with Crippen LogP contribution >= 0.6 is 23.4 Å². The number of aromatic nitrogens is 4. The molecule has 3 heterocycles. The van der Waals surface area contributed by atoms with E-state index in [1.807, 2.05) is 27.7 Å². The summed E-state index contributed by atoms with van der Waals surface area (Å²) >= 11 is 8.01. The van der Waals surface area contributed by atoms with Crippen molar-refractivity contribution < 1.29 is 38.5 Å². The lowest BCUT2D eigenvalue weighted by atomic mass is 9.85. The van der Waals surface area contributed by atoms with Crippen LogP contribution in [0, 0.1) is 23.2 Å². The Morgan fingerprint density at radius 1 is 1.11 bits per heavy atom. The lowest BCUT2D eigenvalue weighted by molar-refractivity contribution is -0.146. The summed E-state index contributed by atoms with van der Waals surface area (Å²) in [7, 11) is 3.31. The number of alkyl carbamates (subject to hydrolysis) is 1. The zero-order valence-corrected chi connectivity index (χ0v) is 32.7. The first-order chi connectivity index (χ1) is 25.6. The number of aliphatic carboxylic acids is 1. The van der Waals surface area contributed by atoms with Gasteiger partial charge in [-0.1, -0.05) is 45.7 Å². The molecule has 3 N–H and O–H groups in total. The van der Waals surface area contributed by atoms with Crippen LogP contribution in [0.5, 0.6) is 11.5 Å². The van der Waals surface area contributed by atoms with Gasteiger partial charge in [-0.3, -0.25) is 9.59 Å². The van der Waals surface area contributed by atoms with E-state index < -0.39 is 53.0 Å². The number of carbonyl (C=O) groups is 4. The van der Waals surface area contributed by atoms with Gasteiger partial charge in [0.15, 0.2) is 5.16 Å². The minimum absolute atomic E-state index is 0.0248. The number of methoxy groups -OCH3 is 1. The molecule has 0 bridgehead atoms. The van der Waals surface area contributed by atoms with Crippen LogP contribution in [0.15, 0.2) is 34.7 Å². The molecule has 1 aromatic carbocycles. The Kier molecular flexibility index (Phi) is 10.1. The number of rotatable bonds is 12. The van der Waals surface area contributed by atoms with Crippen LogP contribution in [0.1, 0.15) is 66.2 Å². The number of hydrogen-bond acceptors (Lipinski definition) is 11. The van der Waals surface area contributed by atoms with Gasteiger partial charge in [0.1, 0.15) is 57.7 Å². The number of pyridine rings is 1. The lowest BCUT2D eigenvalue weighted by Gasteiger charge is -2.35. The van der Waals surface area contributed by atoms with E-state index in [1.54, 1.807) is 36.1 Å². The Morgan fingerprint density at radius 2 is 1.85 bits per heavy atom. The molecule has 0 radical (unpaired) electrons. The van der Waals surface area contributed by atoms with Crippen LogP contribution < -0.4 is 20.1 Å².